The van der Waals surface area contributed by atoms with Gasteiger partial charge in [0.15, 0.2) is 5.75 Å². The van der Waals surface area contributed by atoms with Crippen LogP contribution in [0.2, 0.25) is 0 Å². The average molecular weight is 344 g/mol. The molecule has 0 unspecified atom stereocenters. The van der Waals surface area contributed by atoms with Gasteiger partial charge < -0.3 is 9.47 Å². The number of rotatable bonds is 5. The Morgan fingerprint density at radius 2 is 2.16 bits per heavy atom. The van der Waals surface area contributed by atoms with Crippen molar-refractivity contribution in [3.63, 3.8) is 0 Å². The third kappa shape index (κ3) is 3.45. The zero-order valence-corrected chi connectivity index (χ0v) is 12.4. The quantitative estimate of drug-likeness (QED) is 0.607. The van der Waals surface area contributed by atoms with Gasteiger partial charge >= 0.3 is 5.69 Å². The summed E-state index contributed by atoms with van der Waals surface area (Å²) in [5, 5.41) is 10.9. The highest BCUT2D eigenvalue weighted by Gasteiger charge is 2.15. The van der Waals surface area contributed by atoms with Crippen LogP contribution in [0.25, 0.3) is 0 Å². The summed E-state index contributed by atoms with van der Waals surface area (Å²) in [5.74, 6) is 0.660. The van der Waals surface area contributed by atoms with Crippen molar-refractivity contribution in [2.24, 2.45) is 0 Å². The Labute approximate surface area is 122 Å². The fourth-order valence-electron chi connectivity index (χ4n) is 1.49. The average Bonchev–Trinajstić information content (AvgIpc) is 2.81. The minimum atomic E-state index is -0.493. The Hall–Kier alpha value is -1.60. The van der Waals surface area contributed by atoms with E-state index < -0.39 is 4.92 Å². The minimum absolute atomic E-state index is 0.104. The van der Waals surface area contributed by atoms with Gasteiger partial charge in [-0.3, -0.25) is 10.1 Å². The van der Waals surface area contributed by atoms with Crippen molar-refractivity contribution >= 4 is 33.0 Å². The molecule has 0 aliphatic carbocycles. The smallest absolute Gasteiger partial charge is 0.314 e. The highest BCUT2D eigenvalue weighted by atomic mass is 79.9. The Bertz CT molecular complexity index is 599. The van der Waals surface area contributed by atoms with Gasteiger partial charge in [0.1, 0.15) is 12.4 Å². The third-order valence-corrected chi connectivity index (χ3v) is 3.95. The van der Waals surface area contributed by atoms with Crippen molar-refractivity contribution in [1.82, 2.24) is 0 Å². The summed E-state index contributed by atoms with van der Waals surface area (Å²) in [6.07, 6.45) is 0. The predicted octanol–water partition coefficient (Wildman–Crippen LogP) is 4.01. The molecule has 1 aromatic carbocycles. The highest BCUT2D eigenvalue weighted by molar-refractivity contribution is 9.11. The number of hydrogen-bond donors (Lipinski definition) is 0. The predicted molar refractivity (Wildman–Crippen MR) is 76.0 cm³/mol. The maximum absolute atomic E-state index is 10.9. The Morgan fingerprint density at radius 1 is 1.37 bits per heavy atom. The van der Waals surface area contributed by atoms with Crippen LogP contribution in [0.1, 0.15) is 4.88 Å². The van der Waals surface area contributed by atoms with E-state index in [0.29, 0.717) is 12.4 Å². The number of benzene rings is 1. The third-order valence-electron chi connectivity index (χ3n) is 2.36. The zero-order valence-electron chi connectivity index (χ0n) is 9.96. The zero-order chi connectivity index (χ0) is 13.8. The van der Waals surface area contributed by atoms with Gasteiger partial charge in [-0.25, -0.2) is 0 Å². The monoisotopic (exact) mass is 343 g/mol. The highest BCUT2D eigenvalue weighted by Crippen LogP contribution is 2.31. The normalized spacial score (nSPS) is 10.2. The van der Waals surface area contributed by atoms with Crippen LogP contribution in [0.15, 0.2) is 34.1 Å². The first-order valence-corrected chi connectivity index (χ1v) is 6.90. The fraction of sp³-hybridized carbons (Fsp3) is 0.167. The van der Waals surface area contributed by atoms with Gasteiger partial charge in [0.05, 0.1) is 21.9 Å². The van der Waals surface area contributed by atoms with E-state index in [0.717, 1.165) is 8.66 Å². The van der Waals surface area contributed by atoms with Crippen LogP contribution in [0.4, 0.5) is 5.69 Å². The molecule has 0 amide bonds. The minimum Gasteiger partial charge on any atom is -0.490 e. The molecular weight excluding hydrogens is 334 g/mol. The first-order valence-electron chi connectivity index (χ1n) is 5.29. The fourth-order valence-corrected chi connectivity index (χ4v) is 2.88. The van der Waals surface area contributed by atoms with Crippen molar-refractivity contribution in [3.8, 4) is 11.5 Å². The molecule has 2 aromatic rings. The molecule has 0 spiro atoms. The first-order chi connectivity index (χ1) is 9.10. The van der Waals surface area contributed by atoms with Crippen LogP contribution in [-0.4, -0.2) is 12.0 Å². The first kappa shape index (κ1) is 13.8. The lowest BCUT2D eigenvalue weighted by atomic mass is 10.3. The Balaban J connectivity index is 2.12. The van der Waals surface area contributed by atoms with Gasteiger partial charge in [-0.05, 0) is 40.2 Å². The molecule has 0 N–H and O–H groups in total. The van der Waals surface area contributed by atoms with E-state index in [1.165, 1.54) is 19.2 Å². The lowest BCUT2D eigenvalue weighted by molar-refractivity contribution is -0.385. The van der Waals surface area contributed by atoms with Gasteiger partial charge in [0.25, 0.3) is 0 Å². The molecule has 7 heteroatoms. The number of nitro groups is 1. The van der Waals surface area contributed by atoms with E-state index in [1.54, 1.807) is 17.4 Å². The number of nitro benzene ring substituents is 1. The number of nitrogens with zero attached hydrogens (tertiary/aromatic N) is 1. The van der Waals surface area contributed by atoms with E-state index in [2.05, 4.69) is 15.9 Å². The second kappa shape index (κ2) is 6.03. The standard InChI is InChI=1S/C12H10BrNO4S/c1-17-11-4-2-8(6-10(11)14(15)16)18-7-9-3-5-12(13)19-9/h2-6H,7H2,1H3. The van der Waals surface area contributed by atoms with Crippen molar-refractivity contribution in [2.45, 2.75) is 6.61 Å². The molecule has 0 bridgehead atoms. The summed E-state index contributed by atoms with van der Waals surface area (Å²) < 4.78 is 11.5. The Kier molecular flexibility index (Phi) is 4.39. The van der Waals surface area contributed by atoms with Gasteiger partial charge in [0, 0.05) is 4.88 Å². The number of methoxy groups -OCH3 is 1. The van der Waals surface area contributed by atoms with Crippen LogP contribution in [0, 0.1) is 10.1 Å². The summed E-state index contributed by atoms with van der Waals surface area (Å²) in [6, 6.07) is 8.40. The molecule has 0 saturated carbocycles. The largest absolute Gasteiger partial charge is 0.490 e. The molecule has 1 aromatic heterocycles. The molecule has 0 aliphatic heterocycles. The van der Waals surface area contributed by atoms with Gasteiger partial charge in [-0.2, -0.15) is 0 Å². The van der Waals surface area contributed by atoms with E-state index >= 15 is 0 Å². The molecule has 5 nitrogen and oxygen atoms in total. The maximum atomic E-state index is 10.9. The van der Waals surface area contributed by atoms with E-state index in [-0.39, 0.29) is 11.4 Å². The molecule has 100 valence electrons. The summed E-state index contributed by atoms with van der Waals surface area (Å²) in [7, 11) is 1.39. The molecule has 0 fully saturated rings. The maximum Gasteiger partial charge on any atom is 0.314 e. The summed E-state index contributed by atoms with van der Waals surface area (Å²) >= 11 is 4.92. The van der Waals surface area contributed by atoms with E-state index in [1.807, 2.05) is 12.1 Å². The van der Waals surface area contributed by atoms with Crippen molar-refractivity contribution in [2.75, 3.05) is 7.11 Å². The van der Waals surface area contributed by atoms with Gasteiger partial charge in [-0.1, -0.05) is 0 Å². The van der Waals surface area contributed by atoms with Crippen molar-refractivity contribution in [3.05, 3.63) is 49.1 Å². The summed E-state index contributed by atoms with van der Waals surface area (Å²) in [4.78, 5) is 11.4. The molecule has 19 heavy (non-hydrogen) atoms. The van der Waals surface area contributed by atoms with E-state index in [4.69, 9.17) is 9.47 Å². The lowest BCUT2D eigenvalue weighted by Gasteiger charge is -2.06. The second-order valence-corrected chi connectivity index (χ2v) is 6.13. The number of hydrogen-bond acceptors (Lipinski definition) is 5. The van der Waals surface area contributed by atoms with E-state index in [9.17, 15) is 10.1 Å². The number of halogens is 1. The Morgan fingerprint density at radius 3 is 2.74 bits per heavy atom. The van der Waals surface area contributed by atoms with Gasteiger partial charge in [-0.15, -0.1) is 11.3 Å². The van der Waals surface area contributed by atoms with Crippen molar-refractivity contribution < 1.29 is 14.4 Å². The molecule has 1 heterocycles. The second-order valence-electron chi connectivity index (χ2n) is 3.59. The van der Waals surface area contributed by atoms with Crippen LogP contribution in [0.5, 0.6) is 11.5 Å². The topological polar surface area (TPSA) is 61.6 Å². The number of thiophene rings is 1. The number of ether oxygens (including phenoxy) is 2. The van der Waals surface area contributed by atoms with Gasteiger partial charge in [0.2, 0.25) is 0 Å². The van der Waals surface area contributed by atoms with Crippen LogP contribution >= 0.6 is 27.3 Å². The summed E-state index contributed by atoms with van der Waals surface area (Å²) in [5.41, 5.74) is -0.104. The SMILES string of the molecule is COc1ccc(OCc2ccc(Br)s2)cc1[N+](=O)[O-]. The molecule has 2 rings (SSSR count). The molecule has 0 aliphatic rings. The molecule has 0 saturated heterocycles. The molecule has 0 radical (unpaired) electrons. The molecule has 0 atom stereocenters. The molecular formula is C12H10BrNO4S. The lowest BCUT2D eigenvalue weighted by Crippen LogP contribution is -1.97. The van der Waals surface area contributed by atoms with Crippen molar-refractivity contribution in [1.29, 1.82) is 0 Å². The summed E-state index contributed by atoms with van der Waals surface area (Å²) in [6.45, 7) is 0.375. The van der Waals surface area contributed by atoms with Crippen LogP contribution in [-0.2, 0) is 6.61 Å². The van der Waals surface area contributed by atoms with Crippen LogP contribution in [0.3, 0.4) is 0 Å². The van der Waals surface area contributed by atoms with Crippen LogP contribution < -0.4 is 9.47 Å².